The molecule has 6 heteroatoms. The molecule has 0 unspecified atom stereocenters. The Morgan fingerprint density at radius 3 is 2.78 bits per heavy atom. The van der Waals surface area contributed by atoms with Crippen LogP contribution in [0.1, 0.15) is 33.6 Å². The van der Waals surface area contributed by atoms with Gasteiger partial charge in [-0.1, -0.05) is 23.2 Å². The summed E-state index contributed by atoms with van der Waals surface area (Å²) < 4.78 is 5.46. The first-order valence-electron chi connectivity index (χ1n) is 7.80. The lowest BCUT2D eigenvalue weighted by atomic mass is 10.0. The van der Waals surface area contributed by atoms with Crippen molar-refractivity contribution >= 4 is 41.1 Å². The minimum Gasteiger partial charge on any atom is -0.444 e. The van der Waals surface area contributed by atoms with Gasteiger partial charge in [0.25, 0.3) is 0 Å². The van der Waals surface area contributed by atoms with Gasteiger partial charge < -0.3 is 9.64 Å². The lowest BCUT2D eigenvalue weighted by Crippen LogP contribution is -2.43. The minimum atomic E-state index is -0.449. The van der Waals surface area contributed by atoms with E-state index in [0.717, 1.165) is 36.6 Å². The van der Waals surface area contributed by atoms with Gasteiger partial charge in [-0.2, -0.15) is 0 Å². The predicted molar refractivity (Wildman–Crippen MR) is 97.7 cm³/mol. The summed E-state index contributed by atoms with van der Waals surface area (Å²) in [7, 11) is 0. The Morgan fingerprint density at radius 1 is 1.39 bits per heavy atom. The molecule has 1 heterocycles. The van der Waals surface area contributed by atoms with Crippen LogP contribution in [-0.4, -0.2) is 35.4 Å². The molecule has 1 aromatic carbocycles. The number of hydrogen-bond donors (Lipinski definition) is 0. The van der Waals surface area contributed by atoms with E-state index in [4.69, 9.17) is 27.9 Å². The summed E-state index contributed by atoms with van der Waals surface area (Å²) in [5.41, 5.74) is -0.449. The van der Waals surface area contributed by atoms with Crippen LogP contribution >= 0.6 is 35.0 Å². The van der Waals surface area contributed by atoms with E-state index < -0.39 is 5.60 Å². The molecule has 1 atom stereocenters. The first kappa shape index (κ1) is 18.8. The van der Waals surface area contributed by atoms with Gasteiger partial charge in [0, 0.05) is 28.8 Å². The Balaban J connectivity index is 1.87. The molecule has 0 N–H and O–H groups in total. The van der Waals surface area contributed by atoms with Gasteiger partial charge in [-0.3, -0.25) is 0 Å². The first-order chi connectivity index (χ1) is 10.7. The smallest absolute Gasteiger partial charge is 0.410 e. The average molecular weight is 376 g/mol. The van der Waals surface area contributed by atoms with Gasteiger partial charge in [-0.25, -0.2) is 4.79 Å². The zero-order valence-corrected chi connectivity index (χ0v) is 16.1. The summed E-state index contributed by atoms with van der Waals surface area (Å²) in [5.74, 6) is 1.38. The first-order valence-corrected chi connectivity index (χ1v) is 9.54. The normalized spacial score (nSPS) is 18.8. The van der Waals surface area contributed by atoms with Crippen molar-refractivity contribution in [3.05, 3.63) is 28.2 Å². The highest BCUT2D eigenvalue weighted by Gasteiger charge is 2.27. The van der Waals surface area contributed by atoms with Crippen molar-refractivity contribution in [2.45, 2.75) is 44.1 Å². The molecule has 0 bridgehead atoms. The lowest BCUT2D eigenvalue weighted by Gasteiger charge is -2.34. The van der Waals surface area contributed by atoms with Gasteiger partial charge in [-0.15, -0.1) is 11.8 Å². The maximum Gasteiger partial charge on any atom is 0.410 e. The van der Waals surface area contributed by atoms with Crippen molar-refractivity contribution in [2.24, 2.45) is 5.92 Å². The highest BCUT2D eigenvalue weighted by Crippen LogP contribution is 2.32. The van der Waals surface area contributed by atoms with E-state index in [9.17, 15) is 4.79 Å². The van der Waals surface area contributed by atoms with Crippen LogP contribution in [0.3, 0.4) is 0 Å². The average Bonchev–Trinajstić information content (AvgIpc) is 2.45. The number of likely N-dealkylation sites (tertiary alicyclic amines) is 1. The molecule has 1 saturated heterocycles. The van der Waals surface area contributed by atoms with Crippen LogP contribution in [0.25, 0.3) is 0 Å². The van der Waals surface area contributed by atoms with Crippen molar-refractivity contribution in [2.75, 3.05) is 18.8 Å². The zero-order chi connectivity index (χ0) is 17.0. The van der Waals surface area contributed by atoms with Crippen LogP contribution in [0.4, 0.5) is 4.79 Å². The fraction of sp³-hybridized carbons (Fsp3) is 0.588. The molecule has 0 saturated carbocycles. The molecule has 0 spiro atoms. The van der Waals surface area contributed by atoms with Crippen molar-refractivity contribution < 1.29 is 9.53 Å². The summed E-state index contributed by atoms with van der Waals surface area (Å²) in [6.07, 6.45) is 1.92. The van der Waals surface area contributed by atoms with E-state index in [1.54, 1.807) is 17.8 Å². The largest absolute Gasteiger partial charge is 0.444 e. The highest BCUT2D eigenvalue weighted by molar-refractivity contribution is 7.99. The van der Waals surface area contributed by atoms with Gasteiger partial charge in [0.1, 0.15) is 5.60 Å². The molecule has 0 aromatic heterocycles. The Kier molecular flexibility index (Phi) is 6.52. The number of carbonyl (C=O) groups is 1. The van der Waals surface area contributed by atoms with Gasteiger partial charge >= 0.3 is 6.09 Å². The van der Waals surface area contributed by atoms with Gasteiger partial charge in [-0.05, 0) is 57.7 Å². The molecule has 1 aliphatic heterocycles. The van der Waals surface area contributed by atoms with E-state index >= 15 is 0 Å². The van der Waals surface area contributed by atoms with E-state index in [2.05, 4.69) is 0 Å². The second-order valence-corrected chi connectivity index (χ2v) is 8.73. The topological polar surface area (TPSA) is 29.5 Å². The number of amides is 1. The van der Waals surface area contributed by atoms with Crippen molar-refractivity contribution in [3.8, 4) is 0 Å². The quantitative estimate of drug-likeness (QED) is 0.631. The van der Waals surface area contributed by atoms with Gasteiger partial charge in [0.2, 0.25) is 0 Å². The van der Waals surface area contributed by atoms with E-state index in [1.165, 1.54) is 0 Å². The molecule has 0 radical (unpaired) electrons. The molecular formula is C17H23Cl2NO2S. The summed E-state index contributed by atoms with van der Waals surface area (Å²) >= 11 is 13.8. The number of carbonyl (C=O) groups excluding carboxylic acids is 1. The van der Waals surface area contributed by atoms with Crippen LogP contribution in [0.5, 0.6) is 0 Å². The molecule has 2 rings (SSSR count). The third kappa shape index (κ3) is 6.09. The van der Waals surface area contributed by atoms with E-state index in [-0.39, 0.29) is 6.09 Å². The van der Waals surface area contributed by atoms with Crippen LogP contribution < -0.4 is 0 Å². The molecular weight excluding hydrogens is 353 g/mol. The summed E-state index contributed by atoms with van der Waals surface area (Å²) in [6.45, 7) is 7.20. The Labute approximate surface area is 152 Å². The van der Waals surface area contributed by atoms with E-state index in [0.29, 0.717) is 16.0 Å². The molecule has 128 valence electrons. The number of thioether (sulfide) groups is 1. The number of ether oxygens (including phenoxy) is 1. The second kappa shape index (κ2) is 8.00. The number of benzene rings is 1. The van der Waals surface area contributed by atoms with Crippen molar-refractivity contribution in [1.29, 1.82) is 0 Å². The molecule has 0 aliphatic carbocycles. The third-order valence-corrected chi connectivity index (χ3v) is 5.50. The van der Waals surface area contributed by atoms with Crippen LogP contribution in [-0.2, 0) is 4.74 Å². The lowest BCUT2D eigenvalue weighted by molar-refractivity contribution is 0.0177. The SMILES string of the molecule is CC(C)(C)OC(=O)N1CCC[C@@H](CSc2ccc(Cl)cc2Cl)C1. The monoisotopic (exact) mass is 375 g/mol. The summed E-state index contributed by atoms with van der Waals surface area (Å²) in [6, 6.07) is 5.56. The van der Waals surface area contributed by atoms with Gasteiger partial charge in [0.15, 0.2) is 0 Å². The number of halogens is 2. The second-order valence-electron chi connectivity index (χ2n) is 6.82. The molecule has 1 amide bonds. The predicted octanol–water partition coefficient (Wildman–Crippen LogP) is 5.73. The zero-order valence-electron chi connectivity index (χ0n) is 13.8. The fourth-order valence-corrected chi connectivity index (χ4v) is 4.11. The highest BCUT2D eigenvalue weighted by atomic mass is 35.5. The standard InChI is InChI=1S/C17H23Cl2NO2S/c1-17(2,3)22-16(21)20-8-4-5-12(10-20)11-23-15-7-6-13(18)9-14(15)19/h6-7,9,12H,4-5,8,10-11H2,1-3H3/t12-/m1/s1. The van der Waals surface area contributed by atoms with Gasteiger partial charge in [0.05, 0.1) is 5.02 Å². The van der Waals surface area contributed by atoms with Crippen molar-refractivity contribution in [1.82, 2.24) is 4.90 Å². The Hall–Kier alpha value is -0.580. The number of piperidine rings is 1. The third-order valence-electron chi connectivity index (χ3n) is 3.54. The van der Waals surface area contributed by atoms with E-state index in [1.807, 2.05) is 37.8 Å². The Morgan fingerprint density at radius 2 is 2.13 bits per heavy atom. The molecule has 23 heavy (non-hydrogen) atoms. The van der Waals surface area contributed by atoms with Crippen molar-refractivity contribution in [3.63, 3.8) is 0 Å². The summed E-state index contributed by atoms with van der Waals surface area (Å²) in [5, 5.41) is 1.33. The maximum atomic E-state index is 12.2. The van der Waals surface area contributed by atoms with Crippen LogP contribution in [0.15, 0.2) is 23.1 Å². The number of hydrogen-bond acceptors (Lipinski definition) is 3. The number of rotatable bonds is 3. The van der Waals surface area contributed by atoms with Crippen LogP contribution in [0, 0.1) is 5.92 Å². The molecule has 1 aliphatic rings. The summed E-state index contributed by atoms with van der Waals surface area (Å²) in [4.78, 5) is 15.0. The Bertz CT molecular complexity index is 560. The maximum absolute atomic E-state index is 12.2. The number of nitrogens with zero attached hydrogens (tertiary/aromatic N) is 1. The molecule has 1 aromatic rings. The molecule has 1 fully saturated rings. The van der Waals surface area contributed by atoms with Crippen LogP contribution in [0.2, 0.25) is 10.0 Å². The fourth-order valence-electron chi connectivity index (χ4n) is 2.49. The minimum absolute atomic E-state index is 0.211. The molecule has 3 nitrogen and oxygen atoms in total.